The number of para-hydroxylation sites is 1. The number of nitro groups is 1. The highest BCUT2D eigenvalue weighted by Gasteiger charge is 2.27. The summed E-state index contributed by atoms with van der Waals surface area (Å²) in [5.74, 6) is 0.597. The quantitative estimate of drug-likeness (QED) is 0.610. The van der Waals surface area contributed by atoms with Crippen LogP contribution in [0.2, 0.25) is 0 Å². The molecule has 122 valence electrons. The van der Waals surface area contributed by atoms with E-state index in [-0.39, 0.29) is 16.6 Å². The van der Waals surface area contributed by atoms with E-state index in [1.54, 1.807) is 18.2 Å². The SMILES string of the molecule is CC(C)c1cccc(Oc2cccc(S(C)(=O)=O)c2[N+](=O)[O-])c1. The molecule has 0 aliphatic carbocycles. The van der Waals surface area contributed by atoms with Gasteiger partial charge in [0.1, 0.15) is 10.6 Å². The summed E-state index contributed by atoms with van der Waals surface area (Å²) < 4.78 is 29.1. The van der Waals surface area contributed by atoms with Crippen molar-refractivity contribution < 1.29 is 18.1 Å². The van der Waals surface area contributed by atoms with Gasteiger partial charge >= 0.3 is 5.69 Å². The van der Waals surface area contributed by atoms with Crippen molar-refractivity contribution in [2.24, 2.45) is 0 Å². The smallest absolute Gasteiger partial charge is 0.330 e. The van der Waals surface area contributed by atoms with Gasteiger partial charge in [0.2, 0.25) is 5.75 Å². The van der Waals surface area contributed by atoms with E-state index in [4.69, 9.17) is 4.74 Å². The Morgan fingerprint density at radius 3 is 2.35 bits per heavy atom. The standard InChI is InChI=1S/C16H17NO5S/c1-11(2)12-6-4-7-13(10-12)22-14-8-5-9-15(23(3,20)21)16(14)17(18)19/h4-11H,1-3H3. The average molecular weight is 335 g/mol. The summed E-state index contributed by atoms with van der Waals surface area (Å²) in [7, 11) is -3.74. The van der Waals surface area contributed by atoms with Crippen LogP contribution in [0.4, 0.5) is 5.69 Å². The second kappa shape index (κ2) is 6.37. The topological polar surface area (TPSA) is 86.5 Å². The maximum absolute atomic E-state index is 11.7. The fourth-order valence-corrected chi connectivity index (χ4v) is 2.98. The zero-order chi connectivity index (χ0) is 17.2. The number of benzene rings is 2. The fraction of sp³-hybridized carbons (Fsp3) is 0.250. The summed E-state index contributed by atoms with van der Waals surface area (Å²) in [5, 5.41) is 11.3. The Balaban J connectivity index is 2.53. The molecule has 2 rings (SSSR count). The Morgan fingerprint density at radius 1 is 1.13 bits per heavy atom. The highest BCUT2D eigenvalue weighted by molar-refractivity contribution is 7.90. The lowest BCUT2D eigenvalue weighted by molar-refractivity contribution is -0.388. The van der Waals surface area contributed by atoms with Crippen LogP contribution in [-0.2, 0) is 9.84 Å². The minimum absolute atomic E-state index is 0.0983. The lowest BCUT2D eigenvalue weighted by Crippen LogP contribution is -2.04. The van der Waals surface area contributed by atoms with Gasteiger partial charge < -0.3 is 4.74 Å². The van der Waals surface area contributed by atoms with Crippen molar-refractivity contribution in [3.63, 3.8) is 0 Å². The number of ether oxygens (including phenoxy) is 1. The molecule has 0 aliphatic rings. The van der Waals surface area contributed by atoms with Crippen molar-refractivity contribution in [3.05, 3.63) is 58.1 Å². The van der Waals surface area contributed by atoms with Crippen molar-refractivity contribution in [2.45, 2.75) is 24.7 Å². The van der Waals surface area contributed by atoms with Crippen LogP contribution in [0.5, 0.6) is 11.5 Å². The number of nitro benzene ring substituents is 1. The maximum Gasteiger partial charge on any atom is 0.330 e. The third-order valence-electron chi connectivity index (χ3n) is 3.30. The van der Waals surface area contributed by atoms with Crippen LogP contribution in [0.3, 0.4) is 0 Å². The van der Waals surface area contributed by atoms with Crippen LogP contribution in [0, 0.1) is 10.1 Å². The molecule has 6 nitrogen and oxygen atoms in total. The molecule has 0 aromatic heterocycles. The van der Waals surface area contributed by atoms with Gasteiger partial charge in [0.05, 0.1) is 4.92 Å². The number of rotatable bonds is 5. The van der Waals surface area contributed by atoms with Crippen LogP contribution in [0.1, 0.15) is 25.3 Å². The third kappa shape index (κ3) is 3.87. The Morgan fingerprint density at radius 2 is 1.78 bits per heavy atom. The molecule has 0 saturated carbocycles. The summed E-state index contributed by atoms with van der Waals surface area (Å²) in [6.07, 6.45) is 0.929. The largest absolute Gasteiger partial charge is 0.450 e. The molecular formula is C16H17NO5S. The molecule has 23 heavy (non-hydrogen) atoms. The van der Waals surface area contributed by atoms with Crippen molar-refractivity contribution in [1.29, 1.82) is 0 Å². The van der Waals surface area contributed by atoms with Gasteiger partial charge in [-0.2, -0.15) is 0 Å². The Hall–Kier alpha value is -2.41. The number of sulfone groups is 1. The van der Waals surface area contributed by atoms with Gasteiger partial charge in [-0.3, -0.25) is 10.1 Å². The molecule has 0 N–H and O–H groups in total. The van der Waals surface area contributed by atoms with E-state index in [0.29, 0.717) is 5.75 Å². The van der Waals surface area contributed by atoms with Gasteiger partial charge in [-0.05, 0) is 35.7 Å². The molecular weight excluding hydrogens is 318 g/mol. The minimum Gasteiger partial charge on any atom is -0.450 e. The summed E-state index contributed by atoms with van der Waals surface area (Å²) in [6.45, 7) is 4.04. The molecule has 0 bridgehead atoms. The zero-order valence-electron chi connectivity index (χ0n) is 13.0. The van der Waals surface area contributed by atoms with Gasteiger partial charge in [-0.15, -0.1) is 0 Å². The molecule has 0 unspecified atom stereocenters. The predicted molar refractivity (Wildman–Crippen MR) is 86.8 cm³/mol. The lowest BCUT2D eigenvalue weighted by Gasteiger charge is -2.11. The van der Waals surface area contributed by atoms with Crippen LogP contribution < -0.4 is 4.74 Å². The van der Waals surface area contributed by atoms with Gasteiger partial charge in [0.25, 0.3) is 0 Å². The maximum atomic E-state index is 11.7. The van der Waals surface area contributed by atoms with Crippen LogP contribution in [0.15, 0.2) is 47.4 Å². The van der Waals surface area contributed by atoms with Gasteiger partial charge in [0.15, 0.2) is 9.84 Å². The number of nitrogens with zero attached hydrogens (tertiary/aromatic N) is 1. The number of hydrogen-bond acceptors (Lipinski definition) is 5. The van der Waals surface area contributed by atoms with Crippen LogP contribution in [0.25, 0.3) is 0 Å². The molecule has 7 heteroatoms. The Kier molecular flexibility index (Phi) is 4.70. The molecule has 0 radical (unpaired) electrons. The first-order valence-electron chi connectivity index (χ1n) is 6.95. The lowest BCUT2D eigenvalue weighted by atomic mass is 10.0. The molecule has 0 aliphatic heterocycles. The van der Waals surface area contributed by atoms with E-state index in [1.807, 2.05) is 19.9 Å². The first-order chi connectivity index (χ1) is 10.7. The monoisotopic (exact) mass is 335 g/mol. The zero-order valence-corrected chi connectivity index (χ0v) is 13.8. The molecule has 0 saturated heterocycles. The molecule has 2 aromatic rings. The molecule has 0 fully saturated rings. The summed E-state index contributed by atoms with van der Waals surface area (Å²) in [4.78, 5) is 10.2. The second-order valence-electron chi connectivity index (χ2n) is 5.46. The Bertz CT molecular complexity index is 843. The van der Waals surface area contributed by atoms with E-state index >= 15 is 0 Å². The fourth-order valence-electron chi connectivity index (χ4n) is 2.13. The highest BCUT2D eigenvalue weighted by Crippen LogP contribution is 2.37. The van der Waals surface area contributed by atoms with Crippen LogP contribution in [-0.4, -0.2) is 19.6 Å². The predicted octanol–water partition coefficient (Wildman–Crippen LogP) is 3.91. The molecule has 0 amide bonds. The highest BCUT2D eigenvalue weighted by atomic mass is 32.2. The summed E-state index contributed by atoms with van der Waals surface area (Å²) in [6, 6.07) is 11.2. The van der Waals surface area contributed by atoms with E-state index in [1.165, 1.54) is 18.2 Å². The average Bonchev–Trinajstić information content (AvgIpc) is 2.46. The summed E-state index contributed by atoms with van der Waals surface area (Å²) >= 11 is 0. The first-order valence-corrected chi connectivity index (χ1v) is 8.84. The normalized spacial score (nSPS) is 11.5. The van der Waals surface area contributed by atoms with E-state index in [9.17, 15) is 18.5 Å². The molecule has 0 atom stereocenters. The van der Waals surface area contributed by atoms with E-state index in [2.05, 4.69) is 0 Å². The Labute approximate surface area is 134 Å². The first kappa shape index (κ1) is 17.0. The molecule has 0 heterocycles. The third-order valence-corrected chi connectivity index (χ3v) is 4.42. The van der Waals surface area contributed by atoms with E-state index < -0.39 is 20.4 Å². The van der Waals surface area contributed by atoms with Crippen molar-refractivity contribution in [3.8, 4) is 11.5 Å². The van der Waals surface area contributed by atoms with Crippen molar-refractivity contribution >= 4 is 15.5 Å². The van der Waals surface area contributed by atoms with E-state index in [0.717, 1.165) is 11.8 Å². The van der Waals surface area contributed by atoms with Gasteiger partial charge in [-0.25, -0.2) is 8.42 Å². The molecule has 2 aromatic carbocycles. The van der Waals surface area contributed by atoms with Crippen LogP contribution >= 0.6 is 0 Å². The van der Waals surface area contributed by atoms with Crippen molar-refractivity contribution in [2.75, 3.05) is 6.26 Å². The number of hydrogen-bond donors (Lipinski definition) is 0. The minimum atomic E-state index is -3.74. The molecule has 0 spiro atoms. The second-order valence-corrected chi connectivity index (χ2v) is 7.45. The van der Waals surface area contributed by atoms with Crippen molar-refractivity contribution in [1.82, 2.24) is 0 Å². The van der Waals surface area contributed by atoms with Gasteiger partial charge in [-0.1, -0.05) is 32.0 Å². The summed E-state index contributed by atoms with van der Waals surface area (Å²) in [5.41, 5.74) is 0.467. The van der Waals surface area contributed by atoms with Gasteiger partial charge in [0, 0.05) is 6.26 Å².